The van der Waals surface area contributed by atoms with Crippen LogP contribution in [-0.4, -0.2) is 5.11 Å². The molecular formula is C19H14F2O. The van der Waals surface area contributed by atoms with E-state index in [0.717, 1.165) is 18.2 Å². The highest BCUT2D eigenvalue weighted by Gasteiger charge is 2.34. The van der Waals surface area contributed by atoms with Gasteiger partial charge in [-0.05, 0) is 28.8 Å². The van der Waals surface area contributed by atoms with Crippen molar-refractivity contribution in [2.45, 2.75) is 5.60 Å². The van der Waals surface area contributed by atoms with Gasteiger partial charge in [0.15, 0.2) is 0 Å². The summed E-state index contributed by atoms with van der Waals surface area (Å²) in [5.74, 6) is -1.44. The van der Waals surface area contributed by atoms with Gasteiger partial charge >= 0.3 is 0 Å². The first-order valence-electron chi connectivity index (χ1n) is 6.90. The van der Waals surface area contributed by atoms with Crippen molar-refractivity contribution >= 4 is 0 Å². The molecule has 0 spiro atoms. The Hall–Kier alpha value is -2.52. The standard InChI is InChI=1S/C19H14F2O/c20-17-11-16(12-18(21)13-17)19(22,14-7-3-1-4-8-14)15-9-5-2-6-10-15/h1-13,22H. The average Bonchev–Trinajstić information content (AvgIpc) is 2.55. The van der Waals surface area contributed by atoms with E-state index in [9.17, 15) is 13.9 Å². The van der Waals surface area contributed by atoms with Gasteiger partial charge in [0.2, 0.25) is 0 Å². The Bertz CT molecular complexity index is 710. The zero-order valence-corrected chi connectivity index (χ0v) is 11.7. The smallest absolute Gasteiger partial charge is 0.140 e. The first-order valence-corrected chi connectivity index (χ1v) is 6.90. The molecule has 110 valence electrons. The minimum Gasteiger partial charge on any atom is -0.376 e. The molecule has 1 N–H and O–H groups in total. The van der Waals surface area contributed by atoms with E-state index in [1.54, 1.807) is 48.5 Å². The summed E-state index contributed by atoms with van der Waals surface area (Å²) in [6.07, 6.45) is 0. The molecule has 3 aromatic rings. The Morgan fingerprint density at radius 3 is 1.41 bits per heavy atom. The summed E-state index contributed by atoms with van der Waals surface area (Å²) in [7, 11) is 0. The summed E-state index contributed by atoms with van der Waals surface area (Å²) < 4.78 is 27.3. The van der Waals surface area contributed by atoms with Crippen LogP contribution < -0.4 is 0 Å². The Morgan fingerprint density at radius 2 is 1.00 bits per heavy atom. The first kappa shape index (κ1) is 14.4. The molecule has 0 unspecified atom stereocenters. The van der Waals surface area contributed by atoms with Crippen LogP contribution in [0.2, 0.25) is 0 Å². The summed E-state index contributed by atoms with van der Waals surface area (Å²) in [6.45, 7) is 0. The minimum atomic E-state index is -1.62. The second-order valence-corrected chi connectivity index (χ2v) is 5.10. The monoisotopic (exact) mass is 296 g/mol. The predicted molar refractivity (Wildman–Crippen MR) is 81.3 cm³/mol. The van der Waals surface area contributed by atoms with Gasteiger partial charge < -0.3 is 5.11 Å². The lowest BCUT2D eigenvalue weighted by molar-refractivity contribution is 0.125. The van der Waals surface area contributed by atoms with E-state index in [0.29, 0.717) is 11.1 Å². The molecule has 0 amide bonds. The van der Waals surface area contributed by atoms with E-state index < -0.39 is 17.2 Å². The summed E-state index contributed by atoms with van der Waals surface area (Å²) >= 11 is 0. The van der Waals surface area contributed by atoms with Gasteiger partial charge in [-0.3, -0.25) is 0 Å². The van der Waals surface area contributed by atoms with Crippen LogP contribution in [-0.2, 0) is 5.60 Å². The van der Waals surface area contributed by atoms with Gasteiger partial charge in [0.05, 0.1) is 0 Å². The molecule has 0 saturated heterocycles. The van der Waals surface area contributed by atoms with Crippen molar-refractivity contribution in [1.82, 2.24) is 0 Å². The van der Waals surface area contributed by atoms with Gasteiger partial charge in [0.25, 0.3) is 0 Å². The molecule has 3 rings (SSSR count). The molecule has 0 atom stereocenters. The first-order chi connectivity index (χ1) is 10.6. The third-order valence-electron chi connectivity index (χ3n) is 3.66. The van der Waals surface area contributed by atoms with E-state index in [4.69, 9.17) is 0 Å². The van der Waals surface area contributed by atoms with Crippen LogP contribution >= 0.6 is 0 Å². The van der Waals surface area contributed by atoms with Crippen molar-refractivity contribution in [3.63, 3.8) is 0 Å². The third-order valence-corrected chi connectivity index (χ3v) is 3.66. The van der Waals surface area contributed by atoms with Crippen molar-refractivity contribution in [2.24, 2.45) is 0 Å². The van der Waals surface area contributed by atoms with Crippen LogP contribution in [0.4, 0.5) is 8.78 Å². The van der Waals surface area contributed by atoms with E-state index in [1.165, 1.54) is 0 Å². The lowest BCUT2D eigenvalue weighted by Crippen LogP contribution is -2.29. The van der Waals surface area contributed by atoms with Crippen LogP contribution in [0.1, 0.15) is 16.7 Å². The molecule has 3 heteroatoms. The quantitative estimate of drug-likeness (QED) is 0.716. The lowest BCUT2D eigenvalue weighted by Gasteiger charge is -2.30. The highest BCUT2D eigenvalue weighted by atomic mass is 19.1. The molecule has 0 aliphatic carbocycles. The van der Waals surface area contributed by atoms with Crippen LogP contribution in [0.15, 0.2) is 78.9 Å². The highest BCUT2D eigenvalue weighted by molar-refractivity contribution is 5.46. The van der Waals surface area contributed by atoms with Crippen LogP contribution in [0.5, 0.6) is 0 Å². The van der Waals surface area contributed by atoms with Crippen molar-refractivity contribution in [3.05, 3.63) is 107 Å². The second kappa shape index (κ2) is 5.70. The Morgan fingerprint density at radius 1 is 0.591 bits per heavy atom. The summed E-state index contributed by atoms with van der Waals surface area (Å²) in [6, 6.07) is 20.8. The molecule has 0 fully saturated rings. The van der Waals surface area contributed by atoms with Crippen LogP contribution in [0, 0.1) is 11.6 Å². The molecule has 0 radical (unpaired) electrons. The topological polar surface area (TPSA) is 20.2 Å². The van der Waals surface area contributed by atoms with Gasteiger partial charge in [-0.1, -0.05) is 60.7 Å². The van der Waals surface area contributed by atoms with E-state index in [1.807, 2.05) is 12.1 Å². The molecular weight excluding hydrogens is 282 g/mol. The maximum Gasteiger partial charge on any atom is 0.140 e. The zero-order valence-electron chi connectivity index (χ0n) is 11.7. The second-order valence-electron chi connectivity index (χ2n) is 5.10. The molecule has 0 aliphatic rings. The number of rotatable bonds is 3. The van der Waals surface area contributed by atoms with Gasteiger partial charge in [-0.2, -0.15) is 0 Å². The van der Waals surface area contributed by atoms with Crippen LogP contribution in [0.3, 0.4) is 0 Å². The molecule has 0 aliphatic heterocycles. The van der Waals surface area contributed by atoms with Crippen molar-refractivity contribution < 1.29 is 13.9 Å². The predicted octanol–water partition coefficient (Wildman–Crippen LogP) is 4.25. The van der Waals surface area contributed by atoms with Crippen molar-refractivity contribution in [2.75, 3.05) is 0 Å². The molecule has 0 saturated carbocycles. The van der Waals surface area contributed by atoms with Crippen molar-refractivity contribution in [1.29, 1.82) is 0 Å². The maximum atomic E-state index is 13.6. The highest BCUT2D eigenvalue weighted by Crippen LogP contribution is 2.36. The molecule has 1 nitrogen and oxygen atoms in total. The Balaban J connectivity index is 2.28. The van der Waals surface area contributed by atoms with E-state index in [-0.39, 0.29) is 5.56 Å². The number of halogens is 2. The fourth-order valence-corrected chi connectivity index (χ4v) is 2.62. The molecule has 0 heterocycles. The number of hydrogen-bond donors (Lipinski definition) is 1. The van der Waals surface area contributed by atoms with Gasteiger partial charge in [-0.25, -0.2) is 8.78 Å². The SMILES string of the molecule is OC(c1ccccc1)(c1ccccc1)c1cc(F)cc(F)c1. The largest absolute Gasteiger partial charge is 0.376 e. The Kier molecular flexibility index (Phi) is 3.73. The van der Waals surface area contributed by atoms with Gasteiger partial charge in [0, 0.05) is 6.07 Å². The third kappa shape index (κ3) is 2.51. The summed E-state index contributed by atoms with van der Waals surface area (Å²) in [5, 5.41) is 11.3. The summed E-state index contributed by atoms with van der Waals surface area (Å²) in [5.41, 5.74) is -0.370. The lowest BCUT2D eigenvalue weighted by atomic mass is 9.80. The number of hydrogen-bond acceptors (Lipinski definition) is 1. The minimum absolute atomic E-state index is 0.155. The summed E-state index contributed by atoms with van der Waals surface area (Å²) in [4.78, 5) is 0. The normalized spacial score (nSPS) is 11.4. The molecule has 0 bridgehead atoms. The van der Waals surface area contributed by atoms with Crippen molar-refractivity contribution in [3.8, 4) is 0 Å². The fourth-order valence-electron chi connectivity index (χ4n) is 2.62. The van der Waals surface area contributed by atoms with Gasteiger partial charge in [-0.15, -0.1) is 0 Å². The number of benzene rings is 3. The zero-order chi connectivity index (χ0) is 15.6. The van der Waals surface area contributed by atoms with E-state index in [2.05, 4.69) is 0 Å². The molecule has 22 heavy (non-hydrogen) atoms. The van der Waals surface area contributed by atoms with Crippen LogP contribution in [0.25, 0.3) is 0 Å². The molecule has 3 aromatic carbocycles. The maximum absolute atomic E-state index is 13.6. The van der Waals surface area contributed by atoms with E-state index >= 15 is 0 Å². The number of aliphatic hydroxyl groups is 1. The molecule has 0 aromatic heterocycles. The fraction of sp³-hybridized carbons (Fsp3) is 0.0526. The Labute approximate surface area is 127 Å². The van der Waals surface area contributed by atoms with Gasteiger partial charge in [0.1, 0.15) is 17.2 Å². The average molecular weight is 296 g/mol.